The van der Waals surface area contributed by atoms with Crippen molar-refractivity contribution >= 4 is 23.0 Å². The maximum atomic E-state index is 11.4. The van der Waals surface area contributed by atoms with E-state index >= 15 is 0 Å². The monoisotopic (exact) mass is 271 g/mol. The Labute approximate surface area is 117 Å². The third-order valence-corrected chi connectivity index (χ3v) is 2.98. The molecular weight excluding hydrogens is 254 g/mol. The van der Waals surface area contributed by atoms with Crippen LogP contribution in [0.2, 0.25) is 0 Å². The number of rotatable bonds is 4. The summed E-state index contributed by atoms with van der Waals surface area (Å²) >= 11 is 0. The van der Waals surface area contributed by atoms with Gasteiger partial charge < -0.3 is 21.5 Å². The molecule has 0 heterocycles. The predicted octanol–water partition coefficient (Wildman–Crippen LogP) is 2.43. The highest BCUT2D eigenvalue weighted by Crippen LogP contribution is 2.26. The maximum Gasteiger partial charge on any atom is 0.250 e. The van der Waals surface area contributed by atoms with E-state index in [9.17, 15) is 4.79 Å². The molecule has 0 saturated carbocycles. The number of benzene rings is 2. The lowest BCUT2D eigenvalue weighted by atomic mass is 10.1. The smallest absolute Gasteiger partial charge is 0.250 e. The number of carbonyl (C=O) groups is 1. The second-order valence-corrected chi connectivity index (χ2v) is 4.48. The van der Waals surface area contributed by atoms with Crippen LogP contribution in [0.1, 0.15) is 15.9 Å². The first-order chi connectivity index (χ1) is 9.51. The second kappa shape index (κ2) is 5.52. The van der Waals surface area contributed by atoms with Crippen molar-refractivity contribution in [3.8, 4) is 5.75 Å². The van der Waals surface area contributed by atoms with Crippen molar-refractivity contribution in [1.82, 2.24) is 0 Å². The molecule has 0 saturated heterocycles. The van der Waals surface area contributed by atoms with Crippen molar-refractivity contribution < 1.29 is 9.53 Å². The average Bonchev–Trinajstić information content (AvgIpc) is 2.41. The number of carbonyl (C=O) groups excluding carboxylic acids is 1. The average molecular weight is 271 g/mol. The SMILES string of the molecule is COc1ccc(Nc2ccc(N)cc2C(N)=O)cc1C. The Bertz CT molecular complexity index is 654. The van der Waals surface area contributed by atoms with Crippen molar-refractivity contribution in [1.29, 1.82) is 0 Å². The lowest BCUT2D eigenvalue weighted by Crippen LogP contribution is -2.13. The second-order valence-electron chi connectivity index (χ2n) is 4.48. The third-order valence-electron chi connectivity index (χ3n) is 2.98. The fraction of sp³-hybridized carbons (Fsp3) is 0.133. The summed E-state index contributed by atoms with van der Waals surface area (Å²) in [5, 5.41) is 3.16. The Hall–Kier alpha value is -2.69. The van der Waals surface area contributed by atoms with Crippen LogP contribution in [0.4, 0.5) is 17.1 Å². The molecule has 0 radical (unpaired) electrons. The summed E-state index contributed by atoms with van der Waals surface area (Å²) in [6, 6.07) is 10.7. The molecule has 0 aliphatic rings. The molecule has 5 N–H and O–H groups in total. The Kier molecular flexibility index (Phi) is 3.79. The van der Waals surface area contributed by atoms with Gasteiger partial charge in [-0.25, -0.2) is 0 Å². The molecule has 0 aromatic heterocycles. The molecule has 20 heavy (non-hydrogen) atoms. The van der Waals surface area contributed by atoms with Gasteiger partial charge in [0.15, 0.2) is 0 Å². The van der Waals surface area contributed by atoms with Gasteiger partial charge in [-0.1, -0.05) is 0 Å². The molecule has 5 nitrogen and oxygen atoms in total. The van der Waals surface area contributed by atoms with Crippen molar-refractivity contribution in [2.45, 2.75) is 6.92 Å². The van der Waals surface area contributed by atoms with Gasteiger partial charge in [-0.15, -0.1) is 0 Å². The van der Waals surface area contributed by atoms with Crippen LogP contribution in [0.3, 0.4) is 0 Å². The summed E-state index contributed by atoms with van der Waals surface area (Å²) < 4.78 is 5.21. The number of nitrogen functional groups attached to an aromatic ring is 1. The van der Waals surface area contributed by atoms with Gasteiger partial charge >= 0.3 is 0 Å². The molecule has 5 heteroatoms. The summed E-state index contributed by atoms with van der Waals surface area (Å²) in [5.41, 5.74) is 14.3. The number of primary amides is 1. The Morgan fingerprint density at radius 1 is 1.20 bits per heavy atom. The van der Waals surface area contributed by atoms with Crippen LogP contribution in [0.5, 0.6) is 5.75 Å². The number of anilines is 3. The third kappa shape index (κ3) is 2.83. The molecule has 2 aromatic rings. The van der Waals surface area contributed by atoms with E-state index in [0.29, 0.717) is 16.9 Å². The molecule has 0 unspecified atom stereocenters. The van der Waals surface area contributed by atoms with Gasteiger partial charge in [0.05, 0.1) is 18.4 Å². The van der Waals surface area contributed by atoms with Gasteiger partial charge in [-0.3, -0.25) is 4.79 Å². The molecule has 1 amide bonds. The zero-order valence-corrected chi connectivity index (χ0v) is 11.4. The minimum atomic E-state index is -0.523. The number of nitrogens with two attached hydrogens (primary N) is 2. The fourth-order valence-corrected chi connectivity index (χ4v) is 1.99. The van der Waals surface area contributed by atoms with E-state index in [4.69, 9.17) is 16.2 Å². The van der Waals surface area contributed by atoms with E-state index in [2.05, 4.69) is 5.32 Å². The zero-order valence-electron chi connectivity index (χ0n) is 11.4. The molecule has 0 atom stereocenters. The van der Waals surface area contributed by atoms with Gasteiger partial charge in [-0.2, -0.15) is 0 Å². The molecule has 104 valence electrons. The molecular formula is C15H17N3O2. The first-order valence-corrected chi connectivity index (χ1v) is 6.12. The summed E-state index contributed by atoms with van der Waals surface area (Å²) in [6.07, 6.45) is 0. The molecule has 2 rings (SSSR count). The van der Waals surface area contributed by atoms with E-state index in [1.807, 2.05) is 25.1 Å². The number of methoxy groups -OCH3 is 1. The maximum absolute atomic E-state index is 11.4. The highest BCUT2D eigenvalue weighted by atomic mass is 16.5. The largest absolute Gasteiger partial charge is 0.496 e. The van der Waals surface area contributed by atoms with Gasteiger partial charge in [-0.05, 0) is 48.9 Å². The summed E-state index contributed by atoms with van der Waals surface area (Å²) in [4.78, 5) is 11.4. The summed E-state index contributed by atoms with van der Waals surface area (Å²) in [5.74, 6) is 0.285. The van der Waals surface area contributed by atoms with Gasteiger partial charge in [0.2, 0.25) is 0 Å². The Morgan fingerprint density at radius 3 is 2.55 bits per heavy atom. The molecule has 0 aliphatic heterocycles. The molecule has 0 fully saturated rings. The number of hydrogen-bond acceptors (Lipinski definition) is 4. The van der Waals surface area contributed by atoms with Gasteiger partial charge in [0.1, 0.15) is 5.75 Å². The van der Waals surface area contributed by atoms with Crippen LogP contribution in [0.15, 0.2) is 36.4 Å². The minimum Gasteiger partial charge on any atom is -0.496 e. The van der Waals surface area contributed by atoms with Crippen LogP contribution in [0.25, 0.3) is 0 Å². The normalized spacial score (nSPS) is 10.1. The van der Waals surface area contributed by atoms with Crippen LogP contribution in [-0.4, -0.2) is 13.0 Å². The van der Waals surface area contributed by atoms with Crippen molar-refractivity contribution in [2.24, 2.45) is 5.73 Å². The van der Waals surface area contributed by atoms with Crippen molar-refractivity contribution in [3.63, 3.8) is 0 Å². The number of ether oxygens (including phenoxy) is 1. The number of nitrogens with one attached hydrogen (secondary N) is 1. The Morgan fingerprint density at radius 2 is 1.95 bits per heavy atom. The van der Waals surface area contributed by atoms with E-state index in [1.54, 1.807) is 25.3 Å². The molecule has 0 bridgehead atoms. The Balaban J connectivity index is 2.35. The van der Waals surface area contributed by atoms with E-state index in [1.165, 1.54) is 0 Å². The predicted molar refractivity (Wildman–Crippen MR) is 80.4 cm³/mol. The van der Waals surface area contributed by atoms with Gasteiger partial charge in [0, 0.05) is 11.4 Å². The first kappa shape index (κ1) is 13.7. The van der Waals surface area contributed by atoms with E-state index in [0.717, 1.165) is 17.0 Å². The lowest BCUT2D eigenvalue weighted by Gasteiger charge is -2.12. The van der Waals surface area contributed by atoms with Crippen LogP contribution < -0.4 is 21.5 Å². The lowest BCUT2D eigenvalue weighted by molar-refractivity contribution is 0.100. The van der Waals surface area contributed by atoms with Gasteiger partial charge in [0.25, 0.3) is 5.91 Å². The first-order valence-electron chi connectivity index (χ1n) is 6.12. The molecule has 0 spiro atoms. The minimum absolute atomic E-state index is 0.360. The summed E-state index contributed by atoms with van der Waals surface area (Å²) in [7, 11) is 1.63. The molecule has 2 aromatic carbocycles. The van der Waals surface area contributed by atoms with E-state index in [-0.39, 0.29) is 0 Å². The van der Waals surface area contributed by atoms with Crippen LogP contribution in [-0.2, 0) is 0 Å². The standard InChI is InChI=1S/C15H17N3O2/c1-9-7-11(4-6-14(9)20-2)18-13-5-3-10(16)8-12(13)15(17)19/h3-8,18H,16H2,1-2H3,(H2,17,19). The van der Waals surface area contributed by atoms with E-state index < -0.39 is 5.91 Å². The number of hydrogen-bond donors (Lipinski definition) is 3. The quantitative estimate of drug-likeness (QED) is 0.745. The summed E-state index contributed by atoms with van der Waals surface area (Å²) in [6.45, 7) is 1.95. The number of aryl methyl sites for hydroxylation is 1. The highest BCUT2D eigenvalue weighted by Gasteiger charge is 2.09. The van der Waals surface area contributed by atoms with Crippen molar-refractivity contribution in [3.05, 3.63) is 47.5 Å². The topological polar surface area (TPSA) is 90.4 Å². The zero-order chi connectivity index (χ0) is 14.7. The van der Waals surface area contributed by atoms with Crippen LogP contribution >= 0.6 is 0 Å². The molecule has 0 aliphatic carbocycles. The fourth-order valence-electron chi connectivity index (χ4n) is 1.99. The highest BCUT2D eigenvalue weighted by molar-refractivity contribution is 6.00. The van der Waals surface area contributed by atoms with Crippen LogP contribution in [0, 0.1) is 6.92 Å². The van der Waals surface area contributed by atoms with Crippen molar-refractivity contribution in [2.75, 3.05) is 18.2 Å². The number of amides is 1.